The molecule has 264 valence electrons. The number of ether oxygens (including phenoxy) is 8. The fourth-order valence-corrected chi connectivity index (χ4v) is 5.40. The third kappa shape index (κ3) is 7.52. The Bertz CT molecular complexity index is 2090. The van der Waals surface area contributed by atoms with Crippen LogP contribution in [0.25, 0.3) is 32.9 Å². The zero-order valence-electron chi connectivity index (χ0n) is 27.4. The van der Waals surface area contributed by atoms with Crippen LogP contribution in [0.3, 0.4) is 0 Å². The van der Waals surface area contributed by atoms with Crippen molar-refractivity contribution in [2.24, 2.45) is 0 Å². The van der Waals surface area contributed by atoms with Crippen molar-refractivity contribution in [1.82, 2.24) is 0 Å². The van der Waals surface area contributed by atoms with Gasteiger partial charge < -0.3 is 46.7 Å². The van der Waals surface area contributed by atoms with E-state index in [0.717, 1.165) is 41.5 Å². The molecule has 17 heteroatoms. The molecule has 0 spiro atoms. The molecule has 0 N–H and O–H groups in total. The van der Waals surface area contributed by atoms with Crippen molar-refractivity contribution in [3.63, 3.8) is 0 Å². The molecule has 50 heavy (non-hydrogen) atoms. The van der Waals surface area contributed by atoms with Crippen molar-refractivity contribution in [1.29, 1.82) is 0 Å². The van der Waals surface area contributed by atoms with Crippen LogP contribution in [0.2, 0.25) is 0 Å². The first-order chi connectivity index (χ1) is 23.6. The Morgan fingerprint density at radius 3 is 1.90 bits per heavy atom. The third-order valence-corrected chi connectivity index (χ3v) is 7.08. The summed E-state index contributed by atoms with van der Waals surface area (Å²) < 4.78 is 55.4. The lowest BCUT2D eigenvalue weighted by Crippen LogP contribution is -2.63. The van der Waals surface area contributed by atoms with Crippen molar-refractivity contribution in [2.75, 3.05) is 6.61 Å². The molecule has 2 aromatic carbocycles. The molecule has 1 fully saturated rings. The van der Waals surface area contributed by atoms with E-state index >= 15 is 0 Å². The van der Waals surface area contributed by atoms with E-state index in [1.54, 1.807) is 0 Å². The molecule has 0 unspecified atom stereocenters. The second-order valence-corrected chi connectivity index (χ2v) is 11.0. The topological polar surface area (TPSA) is 220 Å². The molecular formula is C33H30O17. The molecule has 1 aliphatic rings. The van der Waals surface area contributed by atoms with E-state index in [1.165, 1.54) is 30.3 Å². The van der Waals surface area contributed by atoms with Gasteiger partial charge in [-0.05, 0) is 24.3 Å². The van der Waals surface area contributed by atoms with Crippen molar-refractivity contribution < 1.29 is 75.5 Å². The summed E-state index contributed by atoms with van der Waals surface area (Å²) in [7, 11) is 0. The highest BCUT2D eigenvalue weighted by Crippen LogP contribution is 2.41. The summed E-state index contributed by atoms with van der Waals surface area (Å²) >= 11 is 0. The Kier molecular flexibility index (Phi) is 10.1. The molecule has 0 amide bonds. The first-order valence-electron chi connectivity index (χ1n) is 14.9. The Hall–Kier alpha value is -5.97. The molecular weight excluding hydrogens is 668 g/mol. The maximum Gasteiger partial charge on any atom is 0.348 e. The smallest absolute Gasteiger partial charge is 0.348 e. The highest BCUT2D eigenvalue weighted by atomic mass is 16.7. The average Bonchev–Trinajstić information content (AvgIpc) is 3.39. The van der Waals surface area contributed by atoms with Crippen LogP contribution in [0.5, 0.6) is 17.2 Å². The largest absolute Gasteiger partial charge is 0.463 e. The van der Waals surface area contributed by atoms with Gasteiger partial charge in [-0.25, -0.2) is 4.79 Å². The summed E-state index contributed by atoms with van der Waals surface area (Å²) in [6.07, 6.45) is -7.13. The van der Waals surface area contributed by atoms with Gasteiger partial charge in [-0.2, -0.15) is 0 Å². The van der Waals surface area contributed by atoms with Gasteiger partial charge in [0.2, 0.25) is 18.1 Å². The number of carbonyl (C=O) groups excluding carboxylic acids is 6. The van der Waals surface area contributed by atoms with Crippen molar-refractivity contribution >= 4 is 68.7 Å². The van der Waals surface area contributed by atoms with E-state index in [9.17, 15) is 33.6 Å². The van der Waals surface area contributed by atoms with E-state index in [4.69, 9.17) is 46.7 Å². The number of rotatable bonds is 9. The Labute approximate surface area is 281 Å². The minimum Gasteiger partial charge on any atom is -0.463 e. The number of carbonyl (C=O) groups is 6. The minimum atomic E-state index is -1.53. The zero-order chi connectivity index (χ0) is 36.4. The van der Waals surface area contributed by atoms with Crippen molar-refractivity contribution in [3.8, 4) is 17.2 Å². The normalized spacial score (nSPS) is 20.2. The Morgan fingerprint density at radius 1 is 0.660 bits per heavy atom. The molecule has 0 saturated carbocycles. The van der Waals surface area contributed by atoms with Gasteiger partial charge in [0.25, 0.3) is 0 Å². The molecule has 5 rings (SSSR count). The van der Waals surface area contributed by atoms with Crippen LogP contribution in [-0.4, -0.2) is 73.1 Å². The van der Waals surface area contributed by atoms with Gasteiger partial charge in [-0.15, -0.1) is 0 Å². The minimum absolute atomic E-state index is 0.0281. The maximum atomic E-state index is 13.3. The quantitative estimate of drug-likeness (QED) is 0.106. The van der Waals surface area contributed by atoms with Crippen LogP contribution in [0.4, 0.5) is 0 Å². The highest BCUT2D eigenvalue weighted by Gasteiger charge is 2.53. The van der Waals surface area contributed by atoms with Gasteiger partial charge in [-0.3, -0.25) is 28.8 Å². The fourth-order valence-electron chi connectivity index (χ4n) is 5.40. The van der Waals surface area contributed by atoms with Gasteiger partial charge in [0.05, 0.1) is 5.39 Å². The Morgan fingerprint density at radius 2 is 1.28 bits per heavy atom. The molecule has 3 heterocycles. The van der Waals surface area contributed by atoms with Crippen LogP contribution in [0.15, 0.2) is 44.0 Å². The van der Waals surface area contributed by atoms with E-state index < -0.39 is 78.8 Å². The van der Waals surface area contributed by atoms with E-state index in [1.807, 2.05) is 0 Å². The standard InChI is InChI=1S/C33H30O17/c1-13(34)41-12-24-29(44-16(4)37)30(45-17(5)38)31(46-18(6)39)33(49-24)47-19-7-8-20-23(11-19)48-26-21-9-10-22(42-14(2)35)28(43-15(3)36)27(21)50-32(40)25(20)26/h7-11,24,29-31,33H,12H2,1-6H3/t24-,29-,30+,31-,33-/m0/s1. The average molecular weight is 699 g/mol. The lowest BCUT2D eigenvalue weighted by Gasteiger charge is -2.43. The fraction of sp³-hybridized carbons (Fsp3) is 0.364. The molecule has 5 atom stereocenters. The van der Waals surface area contributed by atoms with E-state index in [2.05, 4.69) is 0 Å². The van der Waals surface area contributed by atoms with Gasteiger partial charge >= 0.3 is 41.4 Å². The molecule has 2 aromatic heterocycles. The van der Waals surface area contributed by atoms with E-state index in [0.29, 0.717) is 5.39 Å². The van der Waals surface area contributed by atoms with Crippen LogP contribution >= 0.6 is 0 Å². The summed E-state index contributed by atoms with van der Waals surface area (Å²) in [5.74, 6) is -5.03. The van der Waals surface area contributed by atoms with Gasteiger partial charge in [-0.1, -0.05) is 0 Å². The Balaban J connectivity index is 1.59. The first-order valence-corrected chi connectivity index (χ1v) is 14.9. The third-order valence-electron chi connectivity index (χ3n) is 7.08. The molecule has 17 nitrogen and oxygen atoms in total. The van der Waals surface area contributed by atoms with Crippen molar-refractivity contribution in [3.05, 3.63) is 40.8 Å². The number of furan rings is 1. The number of benzene rings is 2. The molecule has 1 aliphatic heterocycles. The number of esters is 6. The van der Waals surface area contributed by atoms with Gasteiger partial charge in [0.1, 0.15) is 29.4 Å². The molecule has 4 aromatic rings. The predicted molar refractivity (Wildman–Crippen MR) is 165 cm³/mol. The second kappa shape index (κ2) is 14.3. The lowest BCUT2D eigenvalue weighted by molar-refractivity contribution is -0.288. The van der Waals surface area contributed by atoms with E-state index in [-0.39, 0.29) is 44.8 Å². The van der Waals surface area contributed by atoms with Gasteiger partial charge in [0.15, 0.2) is 29.1 Å². The summed E-state index contributed by atoms with van der Waals surface area (Å²) in [5, 5.41) is 0.521. The molecule has 1 saturated heterocycles. The number of fused-ring (bicyclic) bond motifs is 5. The zero-order valence-corrected chi connectivity index (χ0v) is 27.4. The monoisotopic (exact) mass is 698 g/mol. The number of hydrogen-bond donors (Lipinski definition) is 0. The van der Waals surface area contributed by atoms with Crippen molar-refractivity contribution in [2.45, 2.75) is 72.2 Å². The van der Waals surface area contributed by atoms with Crippen LogP contribution < -0.4 is 19.8 Å². The molecule has 0 aliphatic carbocycles. The summed E-state index contributed by atoms with van der Waals surface area (Å²) in [5.41, 5.74) is -0.933. The molecule has 0 radical (unpaired) electrons. The second-order valence-electron chi connectivity index (χ2n) is 11.0. The lowest BCUT2D eigenvalue weighted by atomic mass is 9.98. The SMILES string of the molecule is CC(=O)OC[C@@H]1O[C@H](Oc2ccc3c(c2)oc2c4ccc(OC(C)=O)c(OC(C)=O)c4oc(=O)c32)[C@@H](OC(C)=O)[C@H](OC(C)=O)[C@H]1OC(C)=O. The van der Waals surface area contributed by atoms with Gasteiger partial charge in [0, 0.05) is 53.0 Å². The maximum absolute atomic E-state index is 13.3. The van der Waals surface area contributed by atoms with Crippen LogP contribution in [0, 0.1) is 0 Å². The summed E-state index contributed by atoms with van der Waals surface area (Å²) in [6, 6.07) is 7.08. The van der Waals surface area contributed by atoms with Crippen LogP contribution in [0.1, 0.15) is 41.5 Å². The number of hydrogen-bond acceptors (Lipinski definition) is 17. The first kappa shape index (κ1) is 35.3. The highest BCUT2D eigenvalue weighted by molar-refractivity contribution is 6.14. The predicted octanol–water partition coefficient (Wildman–Crippen LogP) is 3.00. The summed E-state index contributed by atoms with van der Waals surface area (Å²) in [4.78, 5) is 84.8. The van der Waals surface area contributed by atoms with Crippen LogP contribution in [-0.2, 0) is 52.5 Å². The summed E-state index contributed by atoms with van der Waals surface area (Å²) in [6.45, 7) is 6.21. The molecule has 0 bridgehead atoms.